The zero-order valence-electron chi connectivity index (χ0n) is 13.9. The molecule has 0 amide bonds. The van der Waals surface area contributed by atoms with Crippen molar-refractivity contribution in [3.05, 3.63) is 65.2 Å². The Morgan fingerprint density at radius 1 is 0.917 bits per heavy atom. The van der Waals surface area contributed by atoms with Crippen LogP contribution >= 0.6 is 0 Å². The highest BCUT2D eigenvalue weighted by Crippen LogP contribution is 2.22. The van der Waals surface area contributed by atoms with E-state index in [1.165, 1.54) is 23.4 Å². The van der Waals surface area contributed by atoms with E-state index in [1.807, 2.05) is 12.1 Å². The number of halogens is 2. The summed E-state index contributed by atoms with van der Waals surface area (Å²) in [5.74, 6) is -0.790. The molecule has 1 fully saturated rings. The minimum Gasteiger partial charge on any atom is -0.369 e. The van der Waals surface area contributed by atoms with Crippen molar-refractivity contribution in [1.29, 1.82) is 0 Å². The molecule has 0 radical (unpaired) electrons. The predicted molar refractivity (Wildman–Crippen MR) is 93.1 cm³/mol. The van der Waals surface area contributed by atoms with Crippen molar-refractivity contribution in [2.45, 2.75) is 13.1 Å². The smallest absolute Gasteiger partial charge is 0.127 e. The molecule has 1 aliphatic heterocycles. The van der Waals surface area contributed by atoms with Crippen LogP contribution < -0.4 is 10.2 Å². The van der Waals surface area contributed by atoms with E-state index in [4.69, 9.17) is 0 Å². The Bertz CT molecular complexity index is 682. The van der Waals surface area contributed by atoms with E-state index in [0.29, 0.717) is 18.7 Å². The molecule has 24 heavy (non-hydrogen) atoms. The van der Waals surface area contributed by atoms with Crippen molar-refractivity contribution >= 4 is 5.69 Å². The van der Waals surface area contributed by atoms with Crippen molar-refractivity contribution in [2.75, 3.05) is 38.1 Å². The summed E-state index contributed by atoms with van der Waals surface area (Å²) in [5, 5.41) is 3.23. The van der Waals surface area contributed by atoms with E-state index < -0.39 is 5.82 Å². The molecule has 1 N–H and O–H groups in total. The second-order valence-electron chi connectivity index (χ2n) is 6.26. The van der Waals surface area contributed by atoms with Crippen LogP contribution in [0.3, 0.4) is 0 Å². The molecule has 1 heterocycles. The Balaban J connectivity index is 1.64. The van der Waals surface area contributed by atoms with E-state index in [0.717, 1.165) is 32.2 Å². The Morgan fingerprint density at radius 2 is 1.62 bits per heavy atom. The van der Waals surface area contributed by atoms with Crippen molar-refractivity contribution in [2.24, 2.45) is 0 Å². The van der Waals surface area contributed by atoms with Crippen molar-refractivity contribution in [3.63, 3.8) is 0 Å². The molecule has 1 aliphatic rings. The van der Waals surface area contributed by atoms with Crippen molar-refractivity contribution < 1.29 is 8.78 Å². The second kappa shape index (κ2) is 7.73. The molecular formula is C19H23F2N3. The summed E-state index contributed by atoms with van der Waals surface area (Å²) in [6.45, 7) is 5.05. The average molecular weight is 331 g/mol. The van der Waals surface area contributed by atoms with Gasteiger partial charge < -0.3 is 15.1 Å². The van der Waals surface area contributed by atoms with Crippen LogP contribution in [0.4, 0.5) is 14.5 Å². The van der Waals surface area contributed by atoms with Crippen LogP contribution in [-0.2, 0) is 13.1 Å². The quantitative estimate of drug-likeness (QED) is 0.909. The van der Waals surface area contributed by atoms with E-state index in [-0.39, 0.29) is 5.82 Å². The molecule has 0 atom stereocenters. The molecule has 128 valence electrons. The number of benzene rings is 2. The molecule has 3 rings (SSSR count). The second-order valence-corrected chi connectivity index (χ2v) is 6.26. The third-order valence-electron chi connectivity index (χ3n) is 4.47. The number of anilines is 1. The lowest BCUT2D eigenvalue weighted by atomic mass is 10.1. The molecule has 2 aromatic carbocycles. The SMILES string of the molecule is CN1CCN(c2ccccc2CNCc2cc(F)ccc2F)CC1. The maximum absolute atomic E-state index is 13.7. The van der Waals surface area contributed by atoms with Gasteiger partial charge in [-0.2, -0.15) is 0 Å². The standard InChI is InChI=1S/C19H23F2N3/c1-23-8-10-24(11-9-23)19-5-3-2-4-15(19)13-22-14-16-12-17(20)6-7-18(16)21/h2-7,12,22H,8-11,13-14H2,1H3. The molecule has 0 aliphatic carbocycles. The van der Waals surface area contributed by atoms with Gasteiger partial charge >= 0.3 is 0 Å². The van der Waals surface area contributed by atoms with E-state index in [2.05, 4.69) is 34.3 Å². The van der Waals surface area contributed by atoms with Gasteiger partial charge in [0.15, 0.2) is 0 Å². The van der Waals surface area contributed by atoms with Crippen LogP contribution in [0.1, 0.15) is 11.1 Å². The van der Waals surface area contributed by atoms with E-state index in [9.17, 15) is 8.78 Å². The molecule has 3 nitrogen and oxygen atoms in total. The fourth-order valence-corrected chi connectivity index (χ4v) is 3.03. The summed E-state index contributed by atoms with van der Waals surface area (Å²) in [7, 11) is 2.14. The van der Waals surface area contributed by atoms with Crippen LogP contribution in [0.25, 0.3) is 0 Å². The predicted octanol–water partition coefficient (Wildman–Crippen LogP) is 3.01. The third-order valence-corrected chi connectivity index (χ3v) is 4.47. The number of rotatable bonds is 5. The average Bonchev–Trinajstić information content (AvgIpc) is 2.59. The topological polar surface area (TPSA) is 18.5 Å². The summed E-state index contributed by atoms with van der Waals surface area (Å²) in [4.78, 5) is 4.71. The molecule has 0 bridgehead atoms. The van der Waals surface area contributed by atoms with Crippen LogP contribution in [0, 0.1) is 11.6 Å². The summed E-state index contributed by atoms with van der Waals surface area (Å²) >= 11 is 0. The highest BCUT2D eigenvalue weighted by Gasteiger charge is 2.16. The molecule has 5 heteroatoms. The lowest BCUT2D eigenvalue weighted by molar-refractivity contribution is 0.312. The largest absolute Gasteiger partial charge is 0.369 e. The highest BCUT2D eigenvalue weighted by atomic mass is 19.1. The highest BCUT2D eigenvalue weighted by molar-refractivity contribution is 5.54. The van der Waals surface area contributed by atoms with Gasteiger partial charge in [0.2, 0.25) is 0 Å². The van der Waals surface area contributed by atoms with Gasteiger partial charge in [-0.15, -0.1) is 0 Å². The number of piperazine rings is 1. The van der Waals surface area contributed by atoms with Gasteiger partial charge in [-0.1, -0.05) is 18.2 Å². The minimum atomic E-state index is -0.411. The molecule has 0 aromatic heterocycles. The Morgan fingerprint density at radius 3 is 2.42 bits per heavy atom. The third kappa shape index (κ3) is 4.10. The number of nitrogens with zero attached hydrogens (tertiary/aromatic N) is 2. The van der Waals surface area contributed by atoms with Crippen LogP contribution in [0.2, 0.25) is 0 Å². The number of para-hydroxylation sites is 1. The normalized spacial score (nSPS) is 15.7. The minimum absolute atomic E-state index is 0.306. The maximum Gasteiger partial charge on any atom is 0.127 e. The molecule has 1 saturated heterocycles. The lowest BCUT2D eigenvalue weighted by Gasteiger charge is -2.35. The summed E-state index contributed by atoms with van der Waals surface area (Å²) in [5.41, 5.74) is 2.75. The lowest BCUT2D eigenvalue weighted by Crippen LogP contribution is -2.44. The van der Waals surface area contributed by atoms with Gasteiger partial charge in [0.1, 0.15) is 11.6 Å². The monoisotopic (exact) mass is 331 g/mol. The van der Waals surface area contributed by atoms with E-state index in [1.54, 1.807) is 0 Å². The summed E-state index contributed by atoms with van der Waals surface area (Å²) in [6.07, 6.45) is 0. The molecular weight excluding hydrogens is 308 g/mol. The first-order valence-corrected chi connectivity index (χ1v) is 8.29. The Labute approximate surface area is 141 Å². The molecule has 0 saturated carbocycles. The van der Waals surface area contributed by atoms with Gasteiger partial charge in [-0.3, -0.25) is 0 Å². The van der Waals surface area contributed by atoms with Gasteiger partial charge in [-0.05, 0) is 36.9 Å². The fourth-order valence-electron chi connectivity index (χ4n) is 3.03. The first kappa shape index (κ1) is 16.9. The number of likely N-dealkylation sites (N-methyl/N-ethyl adjacent to an activating group) is 1. The maximum atomic E-state index is 13.7. The Hall–Kier alpha value is -1.98. The zero-order chi connectivity index (χ0) is 16.9. The van der Waals surface area contributed by atoms with Crippen LogP contribution in [0.5, 0.6) is 0 Å². The van der Waals surface area contributed by atoms with Gasteiger partial charge in [0.25, 0.3) is 0 Å². The molecule has 0 unspecified atom stereocenters. The van der Waals surface area contributed by atoms with Crippen LogP contribution in [-0.4, -0.2) is 38.1 Å². The molecule has 0 spiro atoms. The van der Waals surface area contributed by atoms with Crippen molar-refractivity contribution in [1.82, 2.24) is 10.2 Å². The number of hydrogen-bond donors (Lipinski definition) is 1. The number of hydrogen-bond acceptors (Lipinski definition) is 3. The van der Waals surface area contributed by atoms with Gasteiger partial charge in [-0.25, -0.2) is 8.78 Å². The van der Waals surface area contributed by atoms with Gasteiger partial charge in [0, 0.05) is 50.5 Å². The Kier molecular flexibility index (Phi) is 5.43. The number of nitrogens with one attached hydrogen (secondary N) is 1. The van der Waals surface area contributed by atoms with Gasteiger partial charge in [0.05, 0.1) is 0 Å². The summed E-state index contributed by atoms with van der Waals surface area (Å²) < 4.78 is 26.9. The van der Waals surface area contributed by atoms with Crippen molar-refractivity contribution in [3.8, 4) is 0 Å². The van der Waals surface area contributed by atoms with Crippen LogP contribution in [0.15, 0.2) is 42.5 Å². The zero-order valence-corrected chi connectivity index (χ0v) is 13.9. The molecule has 2 aromatic rings. The summed E-state index contributed by atoms with van der Waals surface area (Å²) in [6, 6.07) is 11.8. The first-order chi connectivity index (χ1) is 11.6. The van der Waals surface area contributed by atoms with E-state index >= 15 is 0 Å². The fraction of sp³-hybridized carbons (Fsp3) is 0.368. The first-order valence-electron chi connectivity index (χ1n) is 8.29.